The highest BCUT2D eigenvalue weighted by Gasteiger charge is 2.10. The summed E-state index contributed by atoms with van der Waals surface area (Å²) in [7, 11) is 0. The van der Waals surface area contributed by atoms with Crippen LogP contribution >= 0.6 is 11.6 Å². The molecule has 0 heterocycles. The Bertz CT molecular complexity index is 560. The first kappa shape index (κ1) is 13.8. The molecule has 0 aromatic heterocycles. The number of nitrogens with one attached hydrogen (secondary N) is 1. The third kappa shape index (κ3) is 3.69. The summed E-state index contributed by atoms with van der Waals surface area (Å²) in [5, 5.41) is 3.71. The lowest BCUT2D eigenvalue weighted by atomic mass is 10.2. The molecule has 0 unspecified atom stereocenters. The molecule has 0 aliphatic heterocycles. The Morgan fingerprint density at radius 2 is 2.00 bits per heavy atom. The Kier molecular flexibility index (Phi) is 4.77. The van der Waals surface area contributed by atoms with Crippen LogP contribution < -0.4 is 10.1 Å². The van der Waals surface area contributed by atoms with E-state index in [9.17, 15) is 4.39 Å². The number of hydrogen-bond acceptors (Lipinski definition) is 2. The maximum absolute atomic E-state index is 13.9. The Labute approximate surface area is 117 Å². The molecule has 1 N–H and O–H groups in total. The minimum Gasteiger partial charge on any atom is -0.454 e. The van der Waals surface area contributed by atoms with E-state index in [4.69, 9.17) is 16.3 Å². The quantitative estimate of drug-likeness (QED) is 0.877. The molecule has 0 atom stereocenters. The number of para-hydroxylation sites is 1. The SMILES string of the molecule is CCNCc1cccc(F)c1Oc1cccc(Cl)c1. The van der Waals surface area contributed by atoms with Gasteiger partial charge in [-0.25, -0.2) is 4.39 Å². The summed E-state index contributed by atoms with van der Waals surface area (Å²) >= 11 is 5.89. The second kappa shape index (κ2) is 6.55. The van der Waals surface area contributed by atoms with E-state index >= 15 is 0 Å². The van der Waals surface area contributed by atoms with Crippen LogP contribution in [0.1, 0.15) is 12.5 Å². The van der Waals surface area contributed by atoms with Gasteiger partial charge in [0, 0.05) is 17.1 Å². The predicted molar refractivity (Wildman–Crippen MR) is 75.3 cm³/mol. The zero-order valence-corrected chi connectivity index (χ0v) is 11.4. The lowest BCUT2D eigenvalue weighted by Crippen LogP contribution is -2.12. The Morgan fingerprint density at radius 1 is 1.21 bits per heavy atom. The zero-order valence-electron chi connectivity index (χ0n) is 10.6. The standard InChI is InChI=1S/C15H15ClFNO/c1-2-18-10-11-5-3-8-14(17)15(11)19-13-7-4-6-12(16)9-13/h3-9,18H,2,10H2,1H3. The largest absolute Gasteiger partial charge is 0.454 e. The summed E-state index contributed by atoms with van der Waals surface area (Å²) in [5.41, 5.74) is 0.779. The molecule has 2 nitrogen and oxygen atoms in total. The number of rotatable bonds is 5. The van der Waals surface area contributed by atoms with Gasteiger partial charge >= 0.3 is 0 Å². The zero-order chi connectivity index (χ0) is 13.7. The number of hydrogen-bond donors (Lipinski definition) is 1. The monoisotopic (exact) mass is 279 g/mol. The van der Waals surface area contributed by atoms with Crippen molar-refractivity contribution in [3.8, 4) is 11.5 Å². The van der Waals surface area contributed by atoms with Crippen LogP contribution in [0.3, 0.4) is 0 Å². The van der Waals surface area contributed by atoms with Crippen LogP contribution in [-0.2, 0) is 6.54 Å². The number of benzene rings is 2. The highest BCUT2D eigenvalue weighted by Crippen LogP contribution is 2.29. The molecule has 2 aromatic carbocycles. The summed E-state index contributed by atoms with van der Waals surface area (Å²) in [6.07, 6.45) is 0. The molecule has 0 aliphatic carbocycles. The maximum atomic E-state index is 13.9. The number of ether oxygens (including phenoxy) is 1. The molecule has 4 heteroatoms. The van der Waals surface area contributed by atoms with Crippen LogP contribution in [0.2, 0.25) is 5.02 Å². The highest BCUT2D eigenvalue weighted by atomic mass is 35.5. The van der Waals surface area contributed by atoms with Crippen molar-refractivity contribution >= 4 is 11.6 Å². The lowest BCUT2D eigenvalue weighted by molar-refractivity contribution is 0.434. The van der Waals surface area contributed by atoms with Crippen molar-refractivity contribution in [2.75, 3.05) is 6.54 Å². The van der Waals surface area contributed by atoms with Gasteiger partial charge in [0.2, 0.25) is 0 Å². The van der Waals surface area contributed by atoms with Crippen LogP contribution in [-0.4, -0.2) is 6.54 Å². The fourth-order valence-electron chi connectivity index (χ4n) is 1.72. The van der Waals surface area contributed by atoms with Crippen molar-refractivity contribution in [3.05, 3.63) is 58.9 Å². The van der Waals surface area contributed by atoms with Crippen LogP contribution in [0.25, 0.3) is 0 Å². The van der Waals surface area contributed by atoms with E-state index in [2.05, 4.69) is 5.32 Å². The highest BCUT2D eigenvalue weighted by molar-refractivity contribution is 6.30. The summed E-state index contributed by atoms with van der Waals surface area (Å²) in [4.78, 5) is 0. The van der Waals surface area contributed by atoms with E-state index in [1.807, 2.05) is 13.0 Å². The molecule has 0 aliphatic rings. The molecule has 0 radical (unpaired) electrons. The van der Waals surface area contributed by atoms with Crippen molar-refractivity contribution in [2.24, 2.45) is 0 Å². The Morgan fingerprint density at radius 3 is 2.74 bits per heavy atom. The first-order valence-corrected chi connectivity index (χ1v) is 6.50. The fraction of sp³-hybridized carbons (Fsp3) is 0.200. The summed E-state index contributed by atoms with van der Waals surface area (Å²) in [6.45, 7) is 3.37. The molecule has 0 saturated carbocycles. The molecular weight excluding hydrogens is 265 g/mol. The summed E-state index contributed by atoms with van der Waals surface area (Å²) in [5.74, 6) is 0.386. The van der Waals surface area contributed by atoms with E-state index in [1.54, 1.807) is 30.3 Å². The molecule has 19 heavy (non-hydrogen) atoms. The molecule has 100 valence electrons. The van der Waals surface area contributed by atoms with E-state index in [0.29, 0.717) is 17.3 Å². The van der Waals surface area contributed by atoms with Crippen LogP contribution in [0.4, 0.5) is 4.39 Å². The second-order valence-corrected chi connectivity index (χ2v) is 4.50. The van der Waals surface area contributed by atoms with Crippen molar-refractivity contribution in [1.29, 1.82) is 0 Å². The molecule has 0 bridgehead atoms. The van der Waals surface area contributed by atoms with Gasteiger partial charge in [-0.15, -0.1) is 0 Å². The first-order valence-electron chi connectivity index (χ1n) is 6.12. The average molecular weight is 280 g/mol. The van der Waals surface area contributed by atoms with Gasteiger partial charge in [0.15, 0.2) is 11.6 Å². The van der Waals surface area contributed by atoms with Gasteiger partial charge in [-0.1, -0.05) is 36.7 Å². The van der Waals surface area contributed by atoms with E-state index in [0.717, 1.165) is 12.1 Å². The van der Waals surface area contributed by atoms with E-state index in [1.165, 1.54) is 6.07 Å². The molecule has 2 aromatic rings. The average Bonchev–Trinajstić information content (AvgIpc) is 2.39. The van der Waals surface area contributed by atoms with Gasteiger partial charge < -0.3 is 10.1 Å². The van der Waals surface area contributed by atoms with Crippen molar-refractivity contribution in [1.82, 2.24) is 5.32 Å². The minimum atomic E-state index is -0.379. The maximum Gasteiger partial charge on any atom is 0.167 e. The van der Waals surface area contributed by atoms with Gasteiger partial charge in [0.25, 0.3) is 0 Å². The third-order valence-corrected chi connectivity index (χ3v) is 2.87. The van der Waals surface area contributed by atoms with Gasteiger partial charge in [0.05, 0.1) is 0 Å². The van der Waals surface area contributed by atoms with Gasteiger partial charge in [-0.2, -0.15) is 0 Å². The van der Waals surface area contributed by atoms with Crippen LogP contribution in [0.5, 0.6) is 11.5 Å². The normalized spacial score (nSPS) is 10.5. The van der Waals surface area contributed by atoms with Gasteiger partial charge in [-0.05, 0) is 30.8 Å². The molecule has 0 amide bonds. The Hall–Kier alpha value is -1.58. The van der Waals surface area contributed by atoms with Crippen molar-refractivity contribution in [2.45, 2.75) is 13.5 Å². The summed E-state index contributed by atoms with van der Waals surface area (Å²) in [6, 6.07) is 11.8. The predicted octanol–water partition coefficient (Wildman–Crippen LogP) is 4.38. The van der Waals surface area contributed by atoms with Crippen molar-refractivity contribution in [3.63, 3.8) is 0 Å². The topological polar surface area (TPSA) is 21.3 Å². The molecule has 0 spiro atoms. The van der Waals surface area contributed by atoms with Crippen LogP contribution in [0, 0.1) is 5.82 Å². The molecule has 2 rings (SSSR count). The van der Waals surface area contributed by atoms with Gasteiger partial charge in [0.1, 0.15) is 5.75 Å². The third-order valence-electron chi connectivity index (χ3n) is 2.63. The second-order valence-electron chi connectivity index (χ2n) is 4.07. The van der Waals surface area contributed by atoms with Crippen molar-refractivity contribution < 1.29 is 9.13 Å². The Balaban J connectivity index is 2.27. The summed E-state index contributed by atoms with van der Waals surface area (Å²) < 4.78 is 19.5. The molecule has 0 fully saturated rings. The lowest BCUT2D eigenvalue weighted by Gasteiger charge is -2.12. The van der Waals surface area contributed by atoms with Crippen LogP contribution in [0.15, 0.2) is 42.5 Å². The first-order chi connectivity index (χ1) is 9.20. The smallest absolute Gasteiger partial charge is 0.167 e. The van der Waals surface area contributed by atoms with E-state index in [-0.39, 0.29) is 11.6 Å². The fourth-order valence-corrected chi connectivity index (χ4v) is 1.90. The van der Waals surface area contributed by atoms with Gasteiger partial charge in [-0.3, -0.25) is 0 Å². The van der Waals surface area contributed by atoms with E-state index < -0.39 is 0 Å². The number of halogens is 2. The minimum absolute atomic E-state index is 0.241. The molecular formula is C15H15ClFNO. The molecule has 0 saturated heterocycles.